The SMILES string of the molecule is CO[C@H](C(=O)N1CCC(c2nccn2CC2CC2)CC1)c1ccccc1. The van der Waals surface area contributed by atoms with Crippen LogP contribution in [-0.2, 0) is 16.1 Å². The van der Waals surface area contributed by atoms with Crippen LogP contribution in [0.2, 0.25) is 0 Å². The number of rotatable bonds is 6. The van der Waals surface area contributed by atoms with Gasteiger partial charge in [-0.15, -0.1) is 0 Å². The number of aromatic nitrogens is 2. The molecule has 1 saturated carbocycles. The summed E-state index contributed by atoms with van der Waals surface area (Å²) < 4.78 is 7.85. The Labute approximate surface area is 155 Å². The molecule has 4 rings (SSSR count). The maximum Gasteiger partial charge on any atom is 0.256 e. The highest BCUT2D eigenvalue weighted by molar-refractivity contribution is 5.82. The first-order chi connectivity index (χ1) is 12.8. The molecule has 0 N–H and O–H groups in total. The lowest BCUT2D eigenvalue weighted by molar-refractivity contribution is -0.143. The summed E-state index contributed by atoms with van der Waals surface area (Å²) in [6, 6.07) is 9.75. The first kappa shape index (κ1) is 17.3. The van der Waals surface area contributed by atoms with Gasteiger partial charge < -0.3 is 14.2 Å². The first-order valence-corrected chi connectivity index (χ1v) is 9.64. The average Bonchev–Trinajstić information content (AvgIpc) is 3.38. The van der Waals surface area contributed by atoms with Crippen molar-refractivity contribution in [3.63, 3.8) is 0 Å². The lowest BCUT2D eigenvalue weighted by atomic mass is 9.95. The third-order valence-electron chi connectivity index (χ3n) is 5.63. The van der Waals surface area contributed by atoms with Crippen molar-refractivity contribution in [1.82, 2.24) is 14.5 Å². The van der Waals surface area contributed by atoms with Crippen LogP contribution in [0.25, 0.3) is 0 Å². The number of amides is 1. The Morgan fingerprint density at radius 3 is 2.58 bits per heavy atom. The zero-order chi connectivity index (χ0) is 17.9. The zero-order valence-electron chi connectivity index (χ0n) is 15.4. The molecule has 0 radical (unpaired) electrons. The van der Waals surface area contributed by atoms with E-state index in [1.54, 1.807) is 7.11 Å². The first-order valence-electron chi connectivity index (χ1n) is 9.64. The van der Waals surface area contributed by atoms with Gasteiger partial charge in [0.25, 0.3) is 5.91 Å². The van der Waals surface area contributed by atoms with Gasteiger partial charge >= 0.3 is 0 Å². The van der Waals surface area contributed by atoms with Crippen LogP contribution < -0.4 is 0 Å². The molecule has 2 heterocycles. The largest absolute Gasteiger partial charge is 0.367 e. The molecule has 1 atom stereocenters. The van der Waals surface area contributed by atoms with Crippen LogP contribution >= 0.6 is 0 Å². The van der Waals surface area contributed by atoms with Crippen LogP contribution in [0.4, 0.5) is 0 Å². The lowest BCUT2D eigenvalue weighted by Crippen LogP contribution is -2.41. The number of benzene rings is 1. The van der Waals surface area contributed by atoms with Crippen LogP contribution in [0.1, 0.15) is 49.1 Å². The molecule has 2 aliphatic rings. The molecular weight excluding hydrogens is 326 g/mol. The average molecular weight is 353 g/mol. The number of piperidine rings is 1. The number of hydrogen-bond donors (Lipinski definition) is 0. The van der Waals surface area contributed by atoms with E-state index in [2.05, 4.69) is 15.7 Å². The number of nitrogens with zero attached hydrogens (tertiary/aromatic N) is 3. The minimum atomic E-state index is -0.510. The minimum Gasteiger partial charge on any atom is -0.367 e. The van der Waals surface area contributed by atoms with E-state index in [1.807, 2.05) is 41.4 Å². The normalized spacial score (nSPS) is 19.5. The zero-order valence-corrected chi connectivity index (χ0v) is 15.4. The van der Waals surface area contributed by atoms with E-state index in [1.165, 1.54) is 18.7 Å². The smallest absolute Gasteiger partial charge is 0.256 e. The summed E-state index contributed by atoms with van der Waals surface area (Å²) in [7, 11) is 1.61. The summed E-state index contributed by atoms with van der Waals surface area (Å²) in [5.74, 6) is 2.57. The van der Waals surface area contributed by atoms with Crippen LogP contribution in [0, 0.1) is 5.92 Å². The van der Waals surface area contributed by atoms with Crippen LogP contribution in [0.5, 0.6) is 0 Å². The second-order valence-corrected chi connectivity index (χ2v) is 7.51. The number of hydrogen-bond acceptors (Lipinski definition) is 3. The van der Waals surface area contributed by atoms with Crippen molar-refractivity contribution in [3.8, 4) is 0 Å². The van der Waals surface area contributed by atoms with E-state index in [-0.39, 0.29) is 5.91 Å². The summed E-state index contributed by atoms with van der Waals surface area (Å²) in [6.45, 7) is 2.65. The molecular formula is C21H27N3O2. The summed E-state index contributed by atoms with van der Waals surface area (Å²) in [5.41, 5.74) is 0.919. The van der Waals surface area contributed by atoms with Crippen molar-refractivity contribution in [2.75, 3.05) is 20.2 Å². The molecule has 5 heteroatoms. The fourth-order valence-electron chi connectivity index (χ4n) is 3.94. The fourth-order valence-corrected chi connectivity index (χ4v) is 3.94. The van der Waals surface area contributed by atoms with Gasteiger partial charge in [0.1, 0.15) is 5.82 Å². The molecule has 1 aliphatic heterocycles. The van der Waals surface area contributed by atoms with E-state index < -0.39 is 6.10 Å². The van der Waals surface area contributed by atoms with Gasteiger partial charge in [0.15, 0.2) is 6.10 Å². The Kier molecular flexibility index (Phi) is 5.07. The number of imidazole rings is 1. The number of methoxy groups -OCH3 is 1. The summed E-state index contributed by atoms with van der Waals surface area (Å²) in [6.07, 6.45) is 8.17. The predicted molar refractivity (Wildman–Crippen MR) is 99.7 cm³/mol. The van der Waals surface area contributed by atoms with Crippen LogP contribution in [0.15, 0.2) is 42.7 Å². The third-order valence-corrected chi connectivity index (χ3v) is 5.63. The number of likely N-dealkylation sites (tertiary alicyclic amines) is 1. The lowest BCUT2D eigenvalue weighted by Gasteiger charge is -2.34. The Morgan fingerprint density at radius 2 is 1.92 bits per heavy atom. The number of carbonyl (C=O) groups excluding carboxylic acids is 1. The van der Waals surface area contributed by atoms with Crippen molar-refractivity contribution in [2.45, 2.75) is 44.2 Å². The molecule has 1 amide bonds. The molecule has 1 aliphatic carbocycles. The molecule has 0 bridgehead atoms. The van der Waals surface area contributed by atoms with Gasteiger partial charge in [-0.1, -0.05) is 30.3 Å². The molecule has 26 heavy (non-hydrogen) atoms. The fraction of sp³-hybridized carbons (Fsp3) is 0.524. The van der Waals surface area contributed by atoms with E-state index in [9.17, 15) is 4.79 Å². The highest BCUT2D eigenvalue weighted by Crippen LogP contribution is 2.34. The van der Waals surface area contributed by atoms with Crippen LogP contribution in [0.3, 0.4) is 0 Å². The molecule has 1 aromatic heterocycles. The van der Waals surface area contributed by atoms with Crippen molar-refractivity contribution in [3.05, 3.63) is 54.1 Å². The Hall–Kier alpha value is -2.14. The van der Waals surface area contributed by atoms with Crippen LogP contribution in [-0.4, -0.2) is 40.6 Å². The van der Waals surface area contributed by atoms with E-state index in [0.717, 1.165) is 44.0 Å². The molecule has 138 valence electrons. The summed E-state index contributed by atoms with van der Waals surface area (Å²) >= 11 is 0. The molecule has 2 fully saturated rings. The highest BCUT2D eigenvalue weighted by atomic mass is 16.5. The van der Waals surface area contributed by atoms with Gasteiger partial charge in [-0.3, -0.25) is 4.79 Å². The van der Waals surface area contributed by atoms with Gasteiger partial charge in [-0.2, -0.15) is 0 Å². The second kappa shape index (κ2) is 7.62. The Balaban J connectivity index is 1.38. The minimum absolute atomic E-state index is 0.0680. The van der Waals surface area contributed by atoms with Crippen molar-refractivity contribution in [2.24, 2.45) is 5.92 Å². The number of carbonyl (C=O) groups is 1. The molecule has 1 saturated heterocycles. The number of ether oxygens (including phenoxy) is 1. The summed E-state index contributed by atoms with van der Waals surface area (Å²) in [5, 5.41) is 0. The highest BCUT2D eigenvalue weighted by Gasteiger charge is 2.31. The monoisotopic (exact) mass is 353 g/mol. The molecule has 0 unspecified atom stereocenters. The van der Waals surface area contributed by atoms with Gasteiger partial charge in [-0.05, 0) is 37.2 Å². The van der Waals surface area contributed by atoms with Crippen molar-refractivity contribution >= 4 is 5.91 Å². The molecule has 2 aromatic rings. The maximum absolute atomic E-state index is 12.9. The second-order valence-electron chi connectivity index (χ2n) is 7.51. The third kappa shape index (κ3) is 3.68. The van der Waals surface area contributed by atoms with Gasteiger partial charge in [0, 0.05) is 45.1 Å². The van der Waals surface area contributed by atoms with E-state index in [0.29, 0.717) is 5.92 Å². The molecule has 5 nitrogen and oxygen atoms in total. The van der Waals surface area contributed by atoms with Crippen molar-refractivity contribution in [1.29, 1.82) is 0 Å². The molecule has 1 aromatic carbocycles. The van der Waals surface area contributed by atoms with Gasteiger partial charge in [0.2, 0.25) is 0 Å². The predicted octanol–water partition coefficient (Wildman–Crippen LogP) is 3.39. The van der Waals surface area contributed by atoms with Crippen molar-refractivity contribution < 1.29 is 9.53 Å². The van der Waals surface area contributed by atoms with Gasteiger partial charge in [-0.25, -0.2) is 4.98 Å². The topological polar surface area (TPSA) is 47.4 Å². The Morgan fingerprint density at radius 1 is 1.19 bits per heavy atom. The summed E-state index contributed by atoms with van der Waals surface area (Å²) in [4.78, 5) is 19.5. The van der Waals surface area contributed by atoms with E-state index in [4.69, 9.17) is 4.74 Å². The standard InChI is InChI=1S/C21H27N3O2/c1-26-19(17-5-3-2-4-6-17)21(25)23-12-9-18(10-13-23)20-22-11-14-24(20)15-16-7-8-16/h2-6,11,14,16,18-19H,7-10,12-13,15H2,1H3/t19-/m0/s1. The Bertz CT molecular complexity index is 731. The quantitative estimate of drug-likeness (QED) is 0.800. The van der Waals surface area contributed by atoms with Gasteiger partial charge in [0.05, 0.1) is 0 Å². The maximum atomic E-state index is 12.9. The molecule has 0 spiro atoms. The van der Waals surface area contributed by atoms with E-state index >= 15 is 0 Å².